The number of aryl methyl sites for hydroxylation is 2. The molecule has 21 heavy (non-hydrogen) atoms. The van der Waals surface area contributed by atoms with Crippen LogP contribution >= 0.6 is 0 Å². The van der Waals surface area contributed by atoms with Crippen LogP contribution in [0.15, 0.2) is 30.5 Å². The molecular weight excluding hydrogens is 266 g/mol. The Kier molecular flexibility index (Phi) is 3.48. The zero-order valence-electron chi connectivity index (χ0n) is 11.8. The third-order valence-corrected chi connectivity index (χ3v) is 3.68. The van der Waals surface area contributed by atoms with Gasteiger partial charge in [0.2, 0.25) is 0 Å². The van der Waals surface area contributed by atoms with Gasteiger partial charge in [-0.3, -0.25) is 0 Å². The molecule has 0 spiro atoms. The van der Waals surface area contributed by atoms with Crippen LogP contribution in [0.3, 0.4) is 0 Å². The number of nitrogens with one attached hydrogen (secondary N) is 1. The molecule has 1 heterocycles. The molecular formula is C16H17N3O2. The summed E-state index contributed by atoms with van der Waals surface area (Å²) in [7, 11) is 1.34. The highest BCUT2D eigenvalue weighted by molar-refractivity contribution is 5.96. The Balaban J connectivity index is 1.92. The molecule has 0 radical (unpaired) electrons. The number of benzene rings is 1. The monoisotopic (exact) mass is 283 g/mol. The SMILES string of the molecule is COC(=O)c1cc(N)cnc1Nc1ccc2c(c1)CCC2. The van der Waals surface area contributed by atoms with Gasteiger partial charge in [-0.25, -0.2) is 9.78 Å². The molecule has 0 atom stereocenters. The van der Waals surface area contributed by atoms with Gasteiger partial charge in [0.25, 0.3) is 0 Å². The molecule has 0 amide bonds. The topological polar surface area (TPSA) is 77.2 Å². The van der Waals surface area contributed by atoms with Crippen molar-refractivity contribution in [2.45, 2.75) is 19.3 Å². The molecule has 0 bridgehead atoms. The Bertz CT molecular complexity index is 698. The van der Waals surface area contributed by atoms with E-state index in [1.165, 1.54) is 30.9 Å². The Morgan fingerprint density at radius 2 is 2.10 bits per heavy atom. The van der Waals surface area contributed by atoms with E-state index in [4.69, 9.17) is 10.5 Å². The third kappa shape index (κ3) is 2.67. The molecule has 1 aromatic carbocycles. The summed E-state index contributed by atoms with van der Waals surface area (Å²) in [5, 5.41) is 3.18. The van der Waals surface area contributed by atoms with Crippen molar-refractivity contribution in [1.82, 2.24) is 4.98 Å². The Hall–Kier alpha value is -2.56. The molecule has 1 aromatic heterocycles. The van der Waals surface area contributed by atoms with E-state index in [9.17, 15) is 4.79 Å². The maximum Gasteiger partial charge on any atom is 0.341 e. The molecule has 3 N–H and O–H groups in total. The number of hydrogen-bond acceptors (Lipinski definition) is 5. The van der Waals surface area contributed by atoms with E-state index in [2.05, 4.69) is 22.4 Å². The number of esters is 1. The Morgan fingerprint density at radius 3 is 2.90 bits per heavy atom. The van der Waals surface area contributed by atoms with Gasteiger partial charge in [0.05, 0.1) is 19.0 Å². The first-order valence-corrected chi connectivity index (χ1v) is 6.90. The second kappa shape index (κ2) is 5.44. The average Bonchev–Trinajstić information content (AvgIpc) is 2.96. The number of nitrogens with two attached hydrogens (primary N) is 1. The number of anilines is 3. The molecule has 0 saturated heterocycles. The minimum absolute atomic E-state index is 0.331. The summed E-state index contributed by atoms with van der Waals surface area (Å²) in [6.45, 7) is 0. The molecule has 0 fully saturated rings. The van der Waals surface area contributed by atoms with Crippen LogP contribution in [0.2, 0.25) is 0 Å². The number of carbonyl (C=O) groups is 1. The first-order chi connectivity index (χ1) is 10.2. The summed E-state index contributed by atoms with van der Waals surface area (Å²) in [6.07, 6.45) is 4.96. The van der Waals surface area contributed by atoms with Gasteiger partial charge in [0, 0.05) is 5.69 Å². The van der Waals surface area contributed by atoms with Crippen LogP contribution in [0, 0.1) is 0 Å². The number of nitrogen functional groups attached to an aromatic ring is 1. The van der Waals surface area contributed by atoms with Gasteiger partial charge in [-0.2, -0.15) is 0 Å². The average molecular weight is 283 g/mol. The van der Waals surface area contributed by atoms with Crippen molar-refractivity contribution >= 4 is 23.2 Å². The van der Waals surface area contributed by atoms with Crippen LogP contribution in [0.1, 0.15) is 27.9 Å². The number of pyridine rings is 1. The van der Waals surface area contributed by atoms with E-state index in [1.54, 1.807) is 6.07 Å². The zero-order valence-corrected chi connectivity index (χ0v) is 11.8. The lowest BCUT2D eigenvalue weighted by Gasteiger charge is -2.11. The zero-order chi connectivity index (χ0) is 14.8. The number of rotatable bonds is 3. The van der Waals surface area contributed by atoms with Gasteiger partial charge in [0.15, 0.2) is 0 Å². The van der Waals surface area contributed by atoms with Gasteiger partial charge < -0.3 is 15.8 Å². The Morgan fingerprint density at radius 1 is 1.29 bits per heavy atom. The fraction of sp³-hybridized carbons (Fsp3) is 0.250. The standard InChI is InChI=1S/C16H17N3O2/c1-21-16(20)14-8-12(17)9-18-15(14)19-13-6-5-10-3-2-4-11(10)7-13/h5-9H,2-4,17H2,1H3,(H,18,19). The molecule has 108 valence electrons. The van der Waals surface area contributed by atoms with Gasteiger partial charge in [-0.1, -0.05) is 6.07 Å². The lowest BCUT2D eigenvalue weighted by atomic mass is 10.1. The van der Waals surface area contributed by atoms with Crippen molar-refractivity contribution in [3.05, 3.63) is 47.2 Å². The smallest absolute Gasteiger partial charge is 0.341 e. The van der Waals surface area contributed by atoms with E-state index in [1.807, 2.05) is 6.07 Å². The van der Waals surface area contributed by atoms with Crippen LogP contribution < -0.4 is 11.1 Å². The van der Waals surface area contributed by atoms with Gasteiger partial charge in [-0.05, 0) is 48.6 Å². The summed E-state index contributed by atoms with van der Waals surface area (Å²) < 4.78 is 4.77. The van der Waals surface area contributed by atoms with Crippen molar-refractivity contribution in [1.29, 1.82) is 0 Å². The number of aromatic nitrogens is 1. The van der Waals surface area contributed by atoms with Crippen LogP contribution in [0.5, 0.6) is 0 Å². The van der Waals surface area contributed by atoms with E-state index >= 15 is 0 Å². The van der Waals surface area contributed by atoms with E-state index in [0.717, 1.165) is 18.5 Å². The lowest BCUT2D eigenvalue weighted by molar-refractivity contribution is 0.0601. The lowest BCUT2D eigenvalue weighted by Crippen LogP contribution is -2.08. The van der Waals surface area contributed by atoms with Crippen LogP contribution in [0.4, 0.5) is 17.2 Å². The predicted molar refractivity (Wildman–Crippen MR) is 81.7 cm³/mol. The second-order valence-corrected chi connectivity index (χ2v) is 5.12. The van der Waals surface area contributed by atoms with E-state index in [-0.39, 0.29) is 0 Å². The molecule has 1 aliphatic rings. The molecule has 0 unspecified atom stereocenters. The van der Waals surface area contributed by atoms with Gasteiger partial charge >= 0.3 is 5.97 Å². The summed E-state index contributed by atoms with van der Waals surface area (Å²) >= 11 is 0. The van der Waals surface area contributed by atoms with Crippen LogP contribution in [0.25, 0.3) is 0 Å². The number of fused-ring (bicyclic) bond motifs is 1. The number of methoxy groups -OCH3 is 1. The number of ether oxygens (including phenoxy) is 1. The Labute approximate surface area is 123 Å². The highest BCUT2D eigenvalue weighted by Crippen LogP contribution is 2.27. The molecule has 5 nitrogen and oxygen atoms in total. The molecule has 5 heteroatoms. The summed E-state index contributed by atoms with van der Waals surface area (Å²) in [4.78, 5) is 16.0. The molecule has 3 rings (SSSR count). The van der Waals surface area contributed by atoms with E-state index < -0.39 is 5.97 Å². The highest BCUT2D eigenvalue weighted by Gasteiger charge is 2.15. The van der Waals surface area contributed by atoms with Crippen LogP contribution in [-0.4, -0.2) is 18.1 Å². The minimum Gasteiger partial charge on any atom is -0.465 e. The van der Waals surface area contributed by atoms with Crippen molar-refractivity contribution < 1.29 is 9.53 Å². The molecule has 0 saturated carbocycles. The fourth-order valence-corrected chi connectivity index (χ4v) is 2.63. The maximum atomic E-state index is 11.8. The molecule has 2 aromatic rings. The van der Waals surface area contributed by atoms with Gasteiger partial charge in [-0.15, -0.1) is 0 Å². The first-order valence-electron chi connectivity index (χ1n) is 6.90. The first kappa shape index (κ1) is 13.4. The predicted octanol–water partition coefficient (Wildman–Crippen LogP) is 2.68. The van der Waals surface area contributed by atoms with Crippen molar-refractivity contribution in [3.8, 4) is 0 Å². The molecule has 1 aliphatic carbocycles. The summed E-state index contributed by atoms with van der Waals surface area (Å²) in [5.41, 5.74) is 10.1. The number of hydrogen-bond donors (Lipinski definition) is 2. The van der Waals surface area contributed by atoms with Crippen molar-refractivity contribution in [3.63, 3.8) is 0 Å². The molecule has 0 aliphatic heterocycles. The van der Waals surface area contributed by atoms with Crippen molar-refractivity contribution in [2.24, 2.45) is 0 Å². The van der Waals surface area contributed by atoms with Crippen molar-refractivity contribution in [2.75, 3.05) is 18.2 Å². The summed E-state index contributed by atoms with van der Waals surface area (Å²) in [5.74, 6) is -0.00698. The normalized spacial score (nSPS) is 12.8. The quantitative estimate of drug-likeness (QED) is 0.847. The number of carbonyl (C=O) groups excluding carboxylic acids is 1. The maximum absolute atomic E-state index is 11.8. The number of nitrogens with zero attached hydrogens (tertiary/aromatic N) is 1. The minimum atomic E-state index is -0.460. The fourth-order valence-electron chi connectivity index (χ4n) is 2.63. The highest BCUT2D eigenvalue weighted by atomic mass is 16.5. The largest absolute Gasteiger partial charge is 0.465 e. The summed E-state index contributed by atoms with van der Waals surface area (Å²) in [6, 6.07) is 7.80. The van der Waals surface area contributed by atoms with E-state index in [0.29, 0.717) is 17.1 Å². The van der Waals surface area contributed by atoms with Gasteiger partial charge in [0.1, 0.15) is 11.4 Å². The van der Waals surface area contributed by atoms with Crippen LogP contribution in [-0.2, 0) is 17.6 Å². The third-order valence-electron chi connectivity index (χ3n) is 3.68. The second-order valence-electron chi connectivity index (χ2n) is 5.12.